The molecule has 0 N–H and O–H groups in total. The highest BCUT2D eigenvalue weighted by atomic mass is 19.4. The van der Waals surface area contributed by atoms with E-state index in [1.807, 2.05) is 0 Å². The zero-order valence-electron chi connectivity index (χ0n) is 14.2. The summed E-state index contributed by atoms with van der Waals surface area (Å²) in [5.74, 6) is -30.5. The summed E-state index contributed by atoms with van der Waals surface area (Å²) in [5, 5.41) is 0. The van der Waals surface area contributed by atoms with Gasteiger partial charge in [0.05, 0.1) is 20.6 Å². The van der Waals surface area contributed by atoms with Crippen LogP contribution < -0.4 is 0 Å². The van der Waals surface area contributed by atoms with Crippen LogP contribution in [0.3, 0.4) is 0 Å². The molecule has 0 radical (unpaired) electrons. The predicted octanol–water partition coefficient (Wildman–Crippen LogP) is 5.95. The van der Waals surface area contributed by atoms with Gasteiger partial charge in [-0.3, -0.25) is 4.48 Å². The first kappa shape index (κ1) is 26.1. The van der Waals surface area contributed by atoms with Gasteiger partial charge < -0.3 is 0 Å². The molecule has 164 valence electrons. The van der Waals surface area contributed by atoms with Gasteiger partial charge in [-0.25, -0.2) is 0 Å². The monoisotopic (exact) mass is 434 g/mol. The molecule has 0 aromatic rings. The second-order valence-electron chi connectivity index (χ2n) is 6.45. The molecule has 0 aliphatic rings. The van der Waals surface area contributed by atoms with Crippen LogP contribution in [0.2, 0.25) is 0 Å². The van der Waals surface area contributed by atoms with Crippen LogP contribution in [-0.4, -0.2) is 61.0 Å². The fourth-order valence-corrected chi connectivity index (χ4v) is 2.04. The molecule has 0 saturated carbocycles. The molecule has 0 aliphatic carbocycles. The molecule has 0 atom stereocenters. The molecule has 0 amide bonds. The Morgan fingerprint density at radius 3 is 1.26 bits per heavy atom. The summed E-state index contributed by atoms with van der Waals surface area (Å²) < 4.78 is 168. The van der Waals surface area contributed by atoms with E-state index in [1.54, 1.807) is 6.92 Å². The Bertz CT molecular complexity index is 507. The van der Waals surface area contributed by atoms with Crippen molar-refractivity contribution >= 4 is 0 Å². The average molecular weight is 434 g/mol. The fourth-order valence-electron chi connectivity index (χ4n) is 2.04. The molecule has 0 unspecified atom stereocenters. The molecule has 0 fully saturated rings. The van der Waals surface area contributed by atoms with E-state index in [2.05, 4.69) is 0 Å². The van der Waals surface area contributed by atoms with Crippen molar-refractivity contribution in [3.8, 4) is 0 Å². The molecule has 14 heteroatoms. The Labute approximate surface area is 145 Å². The van der Waals surface area contributed by atoms with E-state index in [1.165, 1.54) is 0 Å². The first-order valence-corrected chi connectivity index (χ1v) is 7.35. The predicted molar refractivity (Wildman–Crippen MR) is 67.3 cm³/mol. The quantitative estimate of drug-likeness (QED) is 0.182. The lowest BCUT2D eigenvalue weighted by molar-refractivity contribution is -0.991. The lowest BCUT2D eigenvalue weighted by Crippen LogP contribution is -2.75. The zero-order chi connectivity index (χ0) is 22.3. The number of alkyl halides is 13. The van der Waals surface area contributed by atoms with E-state index in [9.17, 15) is 57.1 Å². The van der Waals surface area contributed by atoms with Crippen LogP contribution in [0.4, 0.5) is 57.1 Å². The van der Waals surface area contributed by atoms with Crippen LogP contribution in [0.1, 0.15) is 26.2 Å². The number of quaternary nitrogens is 1. The molecule has 27 heavy (non-hydrogen) atoms. The number of hydrogen-bond donors (Lipinski definition) is 0. The van der Waals surface area contributed by atoms with E-state index in [-0.39, 0.29) is 26.9 Å². The Hall–Kier alpha value is -0.950. The second kappa shape index (κ2) is 7.14. The van der Waals surface area contributed by atoms with Crippen LogP contribution in [0, 0.1) is 0 Å². The summed E-state index contributed by atoms with van der Waals surface area (Å²) in [7, 11) is 0.472. The van der Waals surface area contributed by atoms with Crippen molar-refractivity contribution in [1.82, 2.24) is 0 Å². The molecule has 0 aliphatic heterocycles. The highest BCUT2D eigenvalue weighted by molar-refractivity contribution is 5.08. The number of hydrogen-bond acceptors (Lipinski definition) is 0. The third kappa shape index (κ3) is 3.82. The Morgan fingerprint density at radius 1 is 0.556 bits per heavy atom. The van der Waals surface area contributed by atoms with Crippen molar-refractivity contribution in [3.05, 3.63) is 0 Å². The van der Waals surface area contributed by atoms with Crippen LogP contribution in [0.25, 0.3) is 0 Å². The molecule has 0 aromatic carbocycles. The Kier molecular flexibility index (Phi) is 6.89. The van der Waals surface area contributed by atoms with Crippen LogP contribution >= 0.6 is 0 Å². The molecular formula is C13H17F13N+. The van der Waals surface area contributed by atoms with Gasteiger partial charge in [-0.15, -0.1) is 8.78 Å². The third-order valence-corrected chi connectivity index (χ3v) is 4.00. The van der Waals surface area contributed by atoms with Crippen LogP contribution in [-0.2, 0) is 0 Å². The molecular weight excluding hydrogens is 417 g/mol. The lowest BCUT2D eigenvalue weighted by atomic mass is 9.95. The summed E-state index contributed by atoms with van der Waals surface area (Å²) in [5.41, 5.74) is 0. The SMILES string of the molecule is CCCCC[N+](C)(C)C(F)(F)C(F)(F)C(F)(F)C(F)(F)C(F)(F)C(F)(F)F. The molecule has 0 rings (SSSR count). The van der Waals surface area contributed by atoms with Crippen molar-refractivity contribution < 1.29 is 61.6 Å². The maximum atomic E-state index is 14.0. The largest absolute Gasteiger partial charge is 0.461 e. The van der Waals surface area contributed by atoms with Gasteiger partial charge in [0.15, 0.2) is 0 Å². The molecule has 0 aromatic heterocycles. The first-order valence-electron chi connectivity index (χ1n) is 7.35. The van der Waals surface area contributed by atoms with Crippen LogP contribution in [0.15, 0.2) is 0 Å². The van der Waals surface area contributed by atoms with E-state index in [4.69, 9.17) is 0 Å². The average Bonchev–Trinajstić information content (AvgIpc) is 2.45. The maximum absolute atomic E-state index is 14.0. The van der Waals surface area contributed by atoms with Gasteiger partial charge in [-0.1, -0.05) is 13.3 Å². The van der Waals surface area contributed by atoms with Gasteiger partial charge in [-0.05, 0) is 12.8 Å². The van der Waals surface area contributed by atoms with Gasteiger partial charge in [0.2, 0.25) is 0 Å². The van der Waals surface area contributed by atoms with E-state index in [0.717, 1.165) is 0 Å². The van der Waals surface area contributed by atoms with E-state index >= 15 is 0 Å². The second-order valence-corrected chi connectivity index (χ2v) is 6.45. The maximum Gasteiger partial charge on any atom is 0.461 e. The molecule has 0 saturated heterocycles. The molecule has 0 heterocycles. The minimum atomic E-state index is -7.85. The molecule has 1 nitrogen and oxygen atoms in total. The summed E-state index contributed by atoms with van der Waals surface area (Å²) in [6, 6.07) is -6.10. The van der Waals surface area contributed by atoms with Gasteiger partial charge >= 0.3 is 35.9 Å². The number of nitrogens with zero attached hydrogens (tertiary/aromatic N) is 1. The third-order valence-electron chi connectivity index (χ3n) is 4.00. The van der Waals surface area contributed by atoms with E-state index in [0.29, 0.717) is 6.42 Å². The summed E-state index contributed by atoms with van der Waals surface area (Å²) in [6.45, 7) is 0.592. The summed E-state index contributed by atoms with van der Waals surface area (Å²) >= 11 is 0. The zero-order valence-corrected chi connectivity index (χ0v) is 14.2. The first-order chi connectivity index (χ1) is 11.6. The number of halogens is 13. The topological polar surface area (TPSA) is 0 Å². The van der Waals surface area contributed by atoms with Gasteiger partial charge in [0.25, 0.3) is 0 Å². The summed E-state index contributed by atoms with van der Waals surface area (Å²) in [6.07, 6.45) is -7.12. The summed E-state index contributed by atoms with van der Waals surface area (Å²) in [4.78, 5) is 0. The Morgan fingerprint density at radius 2 is 0.926 bits per heavy atom. The highest BCUT2D eigenvalue weighted by Crippen LogP contribution is 2.61. The standard InChI is InChI=1S/C13H17F13N/c1-4-5-6-7-27(2,3)13(25,26)11(20,21)9(16,17)8(14,15)10(18,19)12(22,23)24/h4-7H2,1-3H3/q+1. The van der Waals surface area contributed by atoms with Gasteiger partial charge in [-0.2, -0.15) is 48.3 Å². The van der Waals surface area contributed by atoms with Crippen molar-refractivity contribution in [2.75, 3.05) is 20.6 Å². The van der Waals surface area contributed by atoms with Crippen molar-refractivity contribution in [2.24, 2.45) is 0 Å². The van der Waals surface area contributed by atoms with Gasteiger partial charge in [0.1, 0.15) is 0 Å². The van der Waals surface area contributed by atoms with Crippen LogP contribution in [0.5, 0.6) is 0 Å². The minimum Gasteiger partial charge on any atom is -0.262 e. The minimum absolute atomic E-state index is 0.155. The van der Waals surface area contributed by atoms with Crippen molar-refractivity contribution in [1.29, 1.82) is 0 Å². The Balaban J connectivity index is 6.23. The lowest BCUT2D eigenvalue weighted by Gasteiger charge is -2.44. The smallest absolute Gasteiger partial charge is 0.262 e. The molecule has 0 spiro atoms. The number of unbranched alkanes of at least 4 members (excludes halogenated alkanes) is 2. The fraction of sp³-hybridized carbons (Fsp3) is 1.00. The highest BCUT2D eigenvalue weighted by Gasteiger charge is 2.93. The number of rotatable bonds is 9. The van der Waals surface area contributed by atoms with Crippen molar-refractivity contribution in [2.45, 2.75) is 62.1 Å². The van der Waals surface area contributed by atoms with Crippen molar-refractivity contribution in [3.63, 3.8) is 0 Å². The molecule has 0 bridgehead atoms. The normalized spacial score (nSPS) is 16.0. The van der Waals surface area contributed by atoms with Gasteiger partial charge in [0, 0.05) is 0 Å². The van der Waals surface area contributed by atoms with E-state index < -0.39 is 46.9 Å².